The summed E-state index contributed by atoms with van der Waals surface area (Å²) in [5, 5.41) is 16.4. The molecule has 7 heteroatoms. The third-order valence-corrected chi connectivity index (χ3v) is 7.82. The number of nitrogens with one attached hydrogen (secondary N) is 1. The van der Waals surface area contributed by atoms with Gasteiger partial charge < -0.3 is 14.9 Å². The zero-order valence-corrected chi connectivity index (χ0v) is 23.5. The summed E-state index contributed by atoms with van der Waals surface area (Å²) in [6.45, 7) is 9.01. The number of aliphatic carboxylic acids is 1. The predicted molar refractivity (Wildman–Crippen MR) is 148 cm³/mol. The third-order valence-electron chi connectivity index (χ3n) is 7.51. The van der Waals surface area contributed by atoms with Crippen LogP contribution in [0.5, 0.6) is 0 Å². The average molecular weight is 531 g/mol. The Hall–Kier alpha value is -2.34. The summed E-state index contributed by atoms with van der Waals surface area (Å²) >= 11 is 6.17. The fourth-order valence-electron chi connectivity index (χ4n) is 5.27. The molecule has 1 aromatic heterocycles. The summed E-state index contributed by atoms with van der Waals surface area (Å²) in [5.74, 6) is 1.98. The molecule has 1 unspecified atom stereocenters. The number of aryl methyl sites for hydroxylation is 1. The van der Waals surface area contributed by atoms with Gasteiger partial charge in [-0.25, -0.2) is 0 Å². The first kappa shape index (κ1) is 29.2. The second-order valence-corrected chi connectivity index (χ2v) is 12.0. The van der Waals surface area contributed by atoms with Gasteiger partial charge in [-0.3, -0.25) is 9.59 Å². The lowest BCUT2D eigenvalue weighted by Crippen LogP contribution is -2.17. The van der Waals surface area contributed by atoms with Crippen LogP contribution in [0.3, 0.4) is 0 Å². The number of hydrogen-bond donors (Lipinski definition) is 2. The van der Waals surface area contributed by atoms with Crippen molar-refractivity contribution in [3.63, 3.8) is 0 Å². The van der Waals surface area contributed by atoms with Gasteiger partial charge in [0.05, 0.1) is 16.4 Å². The number of carbonyl (C=O) groups excluding carboxylic acids is 1. The highest BCUT2D eigenvalue weighted by molar-refractivity contribution is 6.33. The summed E-state index contributed by atoms with van der Waals surface area (Å²) in [6, 6.07) is 5.40. The molecule has 0 saturated heterocycles. The van der Waals surface area contributed by atoms with E-state index >= 15 is 0 Å². The molecule has 204 valence electrons. The highest BCUT2D eigenvalue weighted by Gasteiger charge is 2.32. The van der Waals surface area contributed by atoms with Gasteiger partial charge in [-0.05, 0) is 74.0 Å². The second kappa shape index (κ2) is 14.0. The lowest BCUT2D eigenvalue weighted by Gasteiger charge is -2.27. The third kappa shape index (κ3) is 9.81. The van der Waals surface area contributed by atoms with Gasteiger partial charge in [-0.2, -0.15) is 0 Å². The minimum absolute atomic E-state index is 0.0276. The average Bonchev–Trinajstić information content (AvgIpc) is 3.56. The molecule has 1 atom stereocenters. The Kier molecular flexibility index (Phi) is 11.0. The van der Waals surface area contributed by atoms with E-state index in [0.717, 1.165) is 41.7 Å². The van der Waals surface area contributed by atoms with Crippen LogP contribution in [-0.4, -0.2) is 22.1 Å². The van der Waals surface area contributed by atoms with Crippen LogP contribution in [0.1, 0.15) is 114 Å². The Morgan fingerprint density at radius 2 is 1.86 bits per heavy atom. The van der Waals surface area contributed by atoms with E-state index in [-0.39, 0.29) is 24.7 Å². The molecule has 0 radical (unpaired) electrons. The molecule has 2 saturated carbocycles. The lowest BCUT2D eigenvalue weighted by molar-refractivity contribution is -0.137. The van der Waals surface area contributed by atoms with Gasteiger partial charge in [0.25, 0.3) is 0 Å². The number of carbonyl (C=O) groups is 2. The highest BCUT2D eigenvalue weighted by Crippen LogP contribution is 2.44. The predicted octanol–water partition coefficient (Wildman–Crippen LogP) is 8.35. The van der Waals surface area contributed by atoms with Crippen LogP contribution >= 0.6 is 11.6 Å². The van der Waals surface area contributed by atoms with Gasteiger partial charge in [0, 0.05) is 24.3 Å². The Labute approximate surface area is 226 Å². The molecule has 0 spiro atoms. The maximum atomic E-state index is 12.5. The number of halogens is 1. The molecule has 2 fully saturated rings. The molecule has 1 heterocycles. The number of amides is 1. The monoisotopic (exact) mass is 530 g/mol. The van der Waals surface area contributed by atoms with Crippen LogP contribution in [-0.2, 0) is 9.59 Å². The van der Waals surface area contributed by atoms with Crippen LogP contribution in [0.2, 0.25) is 5.02 Å². The van der Waals surface area contributed by atoms with Gasteiger partial charge in [0.2, 0.25) is 5.91 Å². The molecule has 1 amide bonds. The SMILES string of the molecule is CC(C)CC1CCC(C)CC1.Cc1ccc(NC(=O)CC(CCC(=O)O)c2nocc2C2CC2)c(Cl)c1. The van der Waals surface area contributed by atoms with Crippen molar-refractivity contribution >= 4 is 29.2 Å². The number of carboxylic acids is 1. The zero-order chi connectivity index (χ0) is 26.9. The highest BCUT2D eigenvalue weighted by atomic mass is 35.5. The number of hydrogen-bond acceptors (Lipinski definition) is 4. The Morgan fingerprint density at radius 3 is 2.46 bits per heavy atom. The quantitative estimate of drug-likeness (QED) is 0.322. The van der Waals surface area contributed by atoms with E-state index in [0.29, 0.717) is 28.7 Å². The molecule has 2 aliphatic rings. The van der Waals surface area contributed by atoms with Gasteiger partial charge in [-0.15, -0.1) is 0 Å². The van der Waals surface area contributed by atoms with Crippen molar-refractivity contribution in [2.45, 2.75) is 104 Å². The normalized spacial score (nSPS) is 20.2. The number of carboxylic acid groups (broad SMARTS) is 1. The van der Waals surface area contributed by atoms with Gasteiger partial charge >= 0.3 is 5.97 Å². The molecule has 0 aliphatic heterocycles. The molecule has 0 bridgehead atoms. The van der Waals surface area contributed by atoms with E-state index in [4.69, 9.17) is 21.2 Å². The molecule has 2 aliphatic carbocycles. The number of rotatable bonds is 10. The van der Waals surface area contributed by atoms with E-state index in [1.54, 1.807) is 18.4 Å². The molecule has 2 aromatic rings. The minimum Gasteiger partial charge on any atom is -0.481 e. The fourth-order valence-corrected chi connectivity index (χ4v) is 5.56. The minimum atomic E-state index is -0.895. The summed E-state index contributed by atoms with van der Waals surface area (Å²) in [6.07, 6.45) is 11.6. The van der Waals surface area contributed by atoms with Crippen molar-refractivity contribution in [1.29, 1.82) is 0 Å². The standard InChI is InChI=1S/C19H21ClN2O4.C11H22/c1-11-2-6-16(15(20)8-11)21-17(23)9-13(5-7-18(24)25)19-14(10-26-22-19)12-3-4-12;1-9(2)8-11-6-4-10(3)5-7-11/h2,6,8,10,12-13H,3-5,7,9H2,1H3,(H,21,23)(H,24,25);9-11H,4-8H2,1-3H3. The van der Waals surface area contributed by atoms with Crippen molar-refractivity contribution < 1.29 is 19.2 Å². The lowest BCUT2D eigenvalue weighted by atomic mass is 9.79. The largest absolute Gasteiger partial charge is 0.481 e. The van der Waals surface area contributed by atoms with Crippen molar-refractivity contribution in [1.82, 2.24) is 5.16 Å². The summed E-state index contributed by atoms with van der Waals surface area (Å²) < 4.78 is 5.12. The Morgan fingerprint density at radius 1 is 1.16 bits per heavy atom. The van der Waals surface area contributed by atoms with E-state index in [1.165, 1.54) is 32.1 Å². The number of benzene rings is 1. The molecule has 4 rings (SSSR count). The molecule has 37 heavy (non-hydrogen) atoms. The van der Waals surface area contributed by atoms with E-state index < -0.39 is 5.97 Å². The smallest absolute Gasteiger partial charge is 0.303 e. The van der Waals surface area contributed by atoms with E-state index in [1.807, 2.05) is 13.0 Å². The number of anilines is 1. The van der Waals surface area contributed by atoms with Gasteiger partial charge in [0.15, 0.2) is 0 Å². The summed E-state index contributed by atoms with van der Waals surface area (Å²) in [4.78, 5) is 23.5. The number of aromatic nitrogens is 1. The summed E-state index contributed by atoms with van der Waals surface area (Å²) in [5.41, 5.74) is 3.26. The van der Waals surface area contributed by atoms with E-state index in [2.05, 4.69) is 31.2 Å². The summed E-state index contributed by atoms with van der Waals surface area (Å²) in [7, 11) is 0. The second-order valence-electron chi connectivity index (χ2n) is 11.5. The first-order valence-corrected chi connectivity index (χ1v) is 14.2. The first-order valence-electron chi connectivity index (χ1n) is 13.8. The molecular formula is C30H43ClN2O4. The van der Waals surface area contributed by atoms with Crippen LogP contribution < -0.4 is 5.32 Å². The van der Waals surface area contributed by atoms with E-state index in [9.17, 15) is 9.59 Å². The van der Waals surface area contributed by atoms with Gasteiger partial charge in [0.1, 0.15) is 6.26 Å². The number of nitrogens with zero attached hydrogens (tertiary/aromatic N) is 1. The van der Waals surface area contributed by atoms with Crippen LogP contribution in [0.15, 0.2) is 29.0 Å². The van der Waals surface area contributed by atoms with Crippen LogP contribution in [0.25, 0.3) is 0 Å². The molecule has 1 aromatic carbocycles. The Balaban J connectivity index is 0.000000289. The zero-order valence-electron chi connectivity index (χ0n) is 22.8. The molecule has 6 nitrogen and oxygen atoms in total. The van der Waals surface area contributed by atoms with Crippen LogP contribution in [0, 0.1) is 24.7 Å². The topological polar surface area (TPSA) is 92.4 Å². The molecular weight excluding hydrogens is 488 g/mol. The fraction of sp³-hybridized carbons (Fsp3) is 0.633. The van der Waals surface area contributed by atoms with Crippen molar-refractivity contribution in [2.24, 2.45) is 17.8 Å². The van der Waals surface area contributed by atoms with Crippen LogP contribution in [0.4, 0.5) is 5.69 Å². The van der Waals surface area contributed by atoms with Crippen molar-refractivity contribution in [2.75, 3.05) is 5.32 Å². The Bertz CT molecular complexity index is 1020. The first-order chi connectivity index (χ1) is 17.6. The maximum absolute atomic E-state index is 12.5. The maximum Gasteiger partial charge on any atom is 0.303 e. The molecule has 2 N–H and O–H groups in total. The van der Waals surface area contributed by atoms with Gasteiger partial charge in [-0.1, -0.05) is 69.3 Å². The van der Waals surface area contributed by atoms with Crippen molar-refractivity contribution in [3.05, 3.63) is 46.3 Å². The van der Waals surface area contributed by atoms with Crippen molar-refractivity contribution in [3.8, 4) is 0 Å².